The van der Waals surface area contributed by atoms with Crippen molar-refractivity contribution in [2.45, 2.75) is 26.2 Å². The van der Waals surface area contributed by atoms with Crippen molar-refractivity contribution >= 4 is 0 Å². The molecule has 0 spiro atoms. The van der Waals surface area contributed by atoms with E-state index in [0.29, 0.717) is 16.1 Å². The summed E-state index contributed by atoms with van der Waals surface area (Å²) in [7, 11) is 0. The van der Waals surface area contributed by atoms with Crippen LogP contribution in [0.25, 0.3) is 11.3 Å². The van der Waals surface area contributed by atoms with Crippen LogP contribution in [0.4, 0.5) is 0 Å². The summed E-state index contributed by atoms with van der Waals surface area (Å²) in [4.78, 5) is 31.1. The van der Waals surface area contributed by atoms with Crippen LogP contribution in [0.5, 0.6) is 0 Å². The van der Waals surface area contributed by atoms with Gasteiger partial charge < -0.3 is 0 Å². The van der Waals surface area contributed by atoms with Crippen molar-refractivity contribution in [3.63, 3.8) is 0 Å². The SMILES string of the molecule is CC(C)(C)c1ccc(-c2nc(=O)c3cnc(=O)c2=3)cc1. The Balaban J connectivity index is 2.21. The van der Waals surface area contributed by atoms with Crippen LogP contribution in [0.1, 0.15) is 26.3 Å². The molecule has 1 aromatic rings. The van der Waals surface area contributed by atoms with Gasteiger partial charge in [-0.3, -0.25) is 9.59 Å². The number of nitrogens with zero attached hydrogens (tertiary/aromatic N) is 2. The summed E-state index contributed by atoms with van der Waals surface area (Å²) in [6.45, 7) is 6.40. The monoisotopic (exact) mass is 266 g/mol. The number of hydrogen-bond acceptors (Lipinski definition) is 4. The van der Waals surface area contributed by atoms with E-state index >= 15 is 0 Å². The Bertz CT molecular complexity index is 909. The van der Waals surface area contributed by atoms with E-state index < -0.39 is 0 Å². The van der Waals surface area contributed by atoms with Gasteiger partial charge in [0.05, 0.1) is 16.1 Å². The van der Waals surface area contributed by atoms with Gasteiger partial charge >= 0.3 is 0 Å². The minimum absolute atomic E-state index is 0.0581. The molecule has 0 fully saturated rings. The predicted octanol–water partition coefficient (Wildman–Crippen LogP) is 1.76. The van der Waals surface area contributed by atoms with Crippen molar-refractivity contribution in [2.75, 3.05) is 0 Å². The maximum atomic E-state index is 11.7. The molecule has 4 nitrogen and oxygen atoms in total. The summed E-state index contributed by atoms with van der Waals surface area (Å²) in [6, 6.07) is 7.80. The molecule has 2 heterocycles. The van der Waals surface area contributed by atoms with Crippen LogP contribution in [-0.2, 0) is 5.41 Å². The van der Waals surface area contributed by atoms with E-state index in [1.54, 1.807) is 0 Å². The van der Waals surface area contributed by atoms with E-state index in [1.807, 2.05) is 24.3 Å². The average molecular weight is 266 g/mol. The summed E-state index contributed by atoms with van der Waals surface area (Å²) < 4.78 is 0. The summed E-state index contributed by atoms with van der Waals surface area (Å²) >= 11 is 0. The van der Waals surface area contributed by atoms with E-state index in [2.05, 4.69) is 30.7 Å². The third-order valence-electron chi connectivity index (χ3n) is 3.50. The molecule has 0 unspecified atom stereocenters. The Morgan fingerprint density at radius 3 is 2.20 bits per heavy atom. The molecule has 0 N–H and O–H groups in total. The lowest BCUT2D eigenvalue weighted by Gasteiger charge is -2.18. The van der Waals surface area contributed by atoms with Crippen LogP contribution in [0.2, 0.25) is 0 Å². The third-order valence-corrected chi connectivity index (χ3v) is 3.50. The molecule has 0 amide bonds. The van der Waals surface area contributed by atoms with Gasteiger partial charge in [0.25, 0.3) is 11.1 Å². The normalized spacial score (nSPS) is 12.2. The largest absolute Gasteiger partial charge is 0.280 e. The minimum atomic E-state index is -0.385. The summed E-state index contributed by atoms with van der Waals surface area (Å²) in [5.74, 6) is 0. The number of benzene rings is 1. The molecule has 0 saturated heterocycles. The molecule has 0 aliphatic carbocycles. The smallest absolute Gasteiger partial charge is 0.267 e. The van der Waals surface area contributed by atoms with E-state index in [0.717, 1.165) is 5.56 Å². The Labute approximate surface area is 115 Å². The molecule has 20 heavy (non-hydrogen) atoms. The second-order valence-corrected chi connectivity index (χ2v) is 5.94. The van der Waals surface area contributed by atoms with Crippen molar-refractivity contribution in [3.05, 3.63) is 67.2 Å². The Hall–Kier alpha value is -2.36. The molecule has 0 saturated carbocycles. The van der Waals surface area contributed by atoms with E-state index in [4.69, 9.17) is 0 Å². The molecule has 0 bridgehead atoms. The second-order valence-electron chi connectivity index (χ2n) is 5.94. The van der Waals surface area contributed by atoms with Gasteiger partial charge in [0.2, 0.25) is 0 Å². The van der Waals surface area contributed by atoms with Crippen LogP contribution in [0.15, 0.2) is 40.1 Å². The van der Waals surface area contributed by atoms with Gasteiger partial charge in [0.15, 0.2) is 0 Å². The molecule has 100 valence electrons. The minimum Gasteiger partial charge on any atom is -0.267 e. The summed E-state index contributed by atoms with van der Waals surface area (Å²) in [6.07, 6.45) is 1.31. The maximum absolute atomic E-state index is 11.7. The zero-order chi connectivity index (χ0) is 14.5. The quantitative estimate of drug-likeness (QED) is 0.673. The molecular weight excluding hydrogens is 252 g/mol. The zero-order valence-electron chi connectivity index (χ0n) is 11.6. The van der Waals surface area contributed by atoms with Crippen LogP contribution in [0, 0.1) is 10.4 Å². The van der Waals surface area contributed by atoms with Crippen LogP contribution in [-0.4, -0.2) is 9.97 Å². The molecule has 3 rings (SSSR count). The van der Waals surface area contributed by atoms with Gasteiger partial charge in [-0.25, -0.2) is 9.97 Å². The van der Waals surface area contributed by atoms with E-state index in [9.17, 15) is 9.59 Å². The first-order valence-corrected chi connectivity index (χ1v) is 6.45. The van der Waals surface area contributed by atoms with Gasteiger partial charge in [-0.1, -0.05) is 45.0 Å². The standard InChI is InChI=1S/C16H14N2O2/c1-16(2,3)10-6-4-9(5-7-10)13-12-11(14(19)18-13)8-17-15(12)20/h4-8H,1-3H3. The molecule has 2 aliphatic heterocycles. The first kappa shape index (κ1) is 12.7. The molecule has 1 aromatic carbocycles. The number of aromatic nitrogens is 2. The molecule has 0 atom stereocenters. The number of hydrogen-bond donors (Lipinski definition) is 0. The van der Waals surface area contributed by atoms with Crippen molar-refractivity contribution < 1.29 is 0 Å². The predicted molar refractivity (Wildman–Crippen MR) is 76.4 cm³/mol. The van der Waals surface area contributed by atoms with Gasteiger partial charge in [0, 0.05) is 11.8 Å². The highest BCUT2D eigenvalue weighted by Gasteiger charge is 2.16. The van der Waals surface area contributed by atoms with Crippen LogP contribution in [0.3, 0.4) is 0 Å². The van der Waals surface area contributed by atoms with Crippen molar-refractivity contribution in [3.8, 4) is 11.3 Å². The van der Waals surface area contributed by atoms with Crippen molar-refractivity contribution in [2.24, 2.45) is 0 Å². The summed E-state index contributed by atoms with van der Waals surface area (Å²) in [5.41, 5.74) is 1.69. The Morgan fingerprint density at radius 2 is 1.60 bits per heavy atom. The molecular formula is C16H14N2O2. The fourth-order valence-corrected chi connectivity index (χ4v) is 2.31. The molecule has 0 radical (unpaired) electrons. The topological polar surface area (TPSA) is 59.9 Å². The van der Waals surface area contributed by atoms with Gasteiger partial charge in [0.1, 0.15) is 0 Å². The van der Waals surface area contributed by atoms with E-state index in [-0.39, 0.29) is 16.5 Å². The second kappa shape index (κ2) is 4.07. The zero-order valence-corrected chi connectivity index (χ0v) is 11.6. The lowest BCUT2D eigenvalue weighted by molar-refractivity contribution is 0.590. The third kappa shape index (κ3) is 1.84. The van der Waals surface area contributed by atoms with E-state index in [1.165, 1.54) is 11.8 Å². The lowest BCUT2D eigenvalue weighted by atomic mass is 9.86. The first-order chi connectivity index (χ1) is 9.38. The lowest BCUT2D eigenvalue weighted by Crippen LogP contribution is -2.10. The fourth-order valence-electron chi connectivity index (χ4n) is 2.31. The van der Waals surface area contributed by atoms with Gasteiger partial charge in [-0.2, -0.15) is 0 Å². The Morgan fingerprint density at radius 1 is 0.950 bits per heavy atom. The fraction of sp³-hybridized carbons (Fsp3) is 0.250. The summed E-state index contributed by atoms with van der Waals surface area (Å²) in [5, 5.41) is 0.642. The van der Waals surface area contributed by atoms with Crippen LogP contribution < -0.4 is 11.1 Å². The molecule has 4 heteroatoms. The highest BCUT2D eigenvalue weighted by atomic mass is 16.1. The highest BCUT2D eigenvalue weighted by Crippen LogP contribution is 2.25. The molecule has 2 aliphatic rings. The highest BCUT2D eigenvalue weighted by molar-refractivity contribution is 5.61. The van der Waals surface area contributed by atoms with Crippen LogP contribution >= 0.6 is 0 Å². The van der Waals surface area contributed by atoms with Gasteiger partial charge in [-0.15, -0.1) is 0 Å². The Kier molecular flexibility index (Phi) is 2.57. The average Bonchev–Trinajstić information content (AvgIpc) is 2.91. The van der Waals surface area contributed by atoms with Gasteiger partial charge in [-0.05, 0) is 11.0 Å². The maximum Gasteiger partial charge on any atom is 0.280 e. The number of rotatable bonds is 1. The first-order valence-electron chi connectivity index (χ1n) is 6.45. The van der Waals surface area contributed by atoms with Crippen molar-refractivity contribution in [1.82, 2.24) is 9.97 Å². The van der Waals surface area contributed by atoms with Crippen molar-refractivity contribution in [1.29, 1.82) is 0 Å². The molecule has 0 aromatic heterocycles.